The van der Waals surface area contributed by atoms with Gasteiger partial charge >= 0.3 is 0 Å². The van der Waals surface area contributed by atoms with Gasteiger partial charge < -0.3 is 24.8 Å². The van der Waals surface area contributed by atoms with Crippen LogP contribution in [0.2, 0.25) is 0 Å². The molecule has 2 aromatic heterocycles. The largest absolute Gasteiger partial charge is 0.493 e. The van der Waals surface area contributed by atoms with Crippen LogP contribution in [0.5, 0.6) is 17.2 Å². The molecule has 0 saturated carbocycles. The summed E-state index contributed by atoms with van der Waals surface area (Å²) in [6, 6.07) is 3.23. The van der Waals surface area contributed by atoms with Crippen molar-refractivity contribution in [3.63, 3.8) is 0 Å². The minimum Gasteiger partial charge on any atom is -0.493 e. The Morgan fingerprint density at radius 1 is 1.09 bits per heavy atom. The number of ether oxygens (including phenoxy) is 3. The van der Waals surface area contributed by atoms with Crippen molar-refractivity contribution in [2.24, 2.45) is 0 Å². The molecule has 10 nitrogen and oxygen atoms in total. The highest BCUT2D eigenvalue weighted by Crippen LogP contribution is 2.38. The molecule has 0 aliphatic rings. The number of rotatable bonds is 11. The van der Waals surface area contributed by atoms with Gasteiger partial charge in [0.15, 0.2) is 22.3 Å². The van der Waals surface area contributed by atoms with Crippen LogP contribution in [0.4, 0.5) is 5.82 Å². The molecular weight excluding hydrogens is 432 g/mol. The van der Waals surface area contributed by atoms with E-state index in [1.807, 2.05) is 6.26 Å². The molecule has 172 valence electrons. The molecule has 11 heteroatoms. The van der Waals surface area contributed by atoms with Crippen LogP contribution < -0.4 is 24.8 Å². The Morgan fingerprint density at radius 3 is 2.41 bits per heavy atom. The third-order valence-corrected chi connectivity index (χ3v) is 5.28. The summed E-state index contributed by atoms with van der Waals surface area (Å²) >= 11 is 1.47. The number of benzene rings is 1. The number of thioether (sulfide) groups is 1. The predicted molar refractivity (Wildman–Crippen MR) is 124 cm³/mol. The van der Waals surface area contributed by atoms with E-state index in [4.69, 9.17) is 14.2 Å². The Bertz CT molecular complexity index is 1060. The second-order valence-corrected chi connectivity index (χ2v) is 7.53. The maximum Gasteiger partial charge on any atom is 0.251 e. The summed E-state index contributed by atoms with van der Waals surface area (Å²) in [5.74, 6) is 1.79. The number of hydrogen-bond acceptors (Lipinski definition) is 9. The minimum absolute atomic E-state index is 0.259. The molecule has 3 aromatic rings. The second-order valence-electron chi connectivity index (χ2n) is 6.76. The van der Waals surface area contributed by atoms with Crippen molar-refractivity contribution in [3.05, 3.63) is 23.9 Å². The Kier molecular flexibility index (Phi) is 7.98. The maximum absolute atomic E-state index is 12.7. The SMILES string of the molecule is CCCNc1nc(SC)nc2c1cnn2CCNC(=O)c1cc(OC)c(OC)c(OC)c1. The number of amides is 1. The fourth-order valence-electron chi connectivity index (χ4n) is 3.16. The third kappa shape index (κ3) is 4.98. The number of hydrogen-bond donors (Lipinski definition) is 2. The van der Waals surface area contributed by atoms with E-state index in [2.05, 4.69) is 32.6 Å². The molecule has 0 bridgehead atoms. The number of aromatic nitrogens is 4. The van der Waals surface area contributed by atoms with Crippen molar-refractivity contribution in [1.29, 1.82) is 0 Å². The molecule has 0 saturated heterocycles. The Labute approximate surface area is 191 Å². The normalized spacial score (nSPS) is 10.8. The molecule has 2 N–H and O–H groups in total. The van der Waals surface area contributed by atoms with Gasteiger partial charge in [-0.05, 0) is 24.8 Å². The van der Waals surface area contributed by atoms with Crippen molar-refractivity contribution in [1.82, 2.24) is 25.1 Å². The summed E-state index contributed by atoms with van der Waals surface area (Å²) in [7, 11) is 4.54. The maximum atomic E-state index is 12.7. The first-order chi connectivity index (χ1) is 15.6. The lowest BCUT2D eigenvalue weighted by atomic mass is 10.1. The fourth-order valence-corrected chi connectivity index (χ4v) is 3.52. The summed E-state index contributed by atoms with van der Waals surface area (Å²) < 4.78 is 17.7. The Hall–Kier alpha value is -3.21. The van der Waals surface area contributed by atoms with Gasteiger partial charge in [0.1, 0.15) is 5.82 Å². The van der Waals surface area contributed by atoms with Gasteiger partial charge in [-0.1, -0.05) is 18.7 Å². The fraction of sp³-hybridized carbons (Fsp3) is 0.429. The quantitative estimate of drug-likeness (QED) is 0.329. The molecular formula is C21H28N6O4S. The van der Waals surface area contributed by atoms with E-state index in [0.29, 0.717) is 41.1 Å². The van der Waals surface area contributed by atoms with Gasteiger partial charge in [0, 0.05) is 18.7 Å². The minimum atomic E-state index is -0.259. The molecule has 0 aliphatic carbocycles. The number of carbonyl (C=O) groups excluding carboxylic acids is 1. The number of carbonyl (C=O) groups is 1. The van der Waals surface area contributed by atoms with E-state index in [-0.39, 0.29) is 5.91 Å². The average molecular weight is 461 g/mol. The highest BCUT2D eigenvalue weighted by Gasteiger charge is 2.17. The molecule has 3 rings (SSSR count). The van der Waals surface area contributed by atoms with Crippen LogP contribution in [0.3, 0.4) is 0 Å². The lowest BCUT2D eigenvalue weighted by molar-refractivity contribution is 0.0951. The summed E-state index contributed by atoms with van der Waals surface area (Å²) in [4.78, 5) is 21.9. The van der Waals surface area contributed by atoms with Crippen LogP contribution in [0.15, 0.2) is 23.5 Å². The van der Waals surface area contributed by atoms with Crippen molar-refractivity contribution >= 4 is 34.5 Å². The predicted octanol–water partition coefficient (Wildman–Crippen LogP) is 2.83. The van der Waals surface area contributed by atoms with Crippen molar-refractivity contribution in [3.8, 4) is 17.2 Å². The van der Waals surface area contributed by atoms with Gasteiger partial charge in [-0.15, -0.1) is 0 Å². The van der Waals surface area contributed by atoms with E-state index >= 15 is 0 Å². The van der Waals surface area contributed by atoms with Gasteiger partial charge in [-0.25, -0.2) is 14.6 Å². The zero-order valence-corrected chi connectivity index (χ0v) is 19.7. The van der Waals surface area contributed by atoms with Crippen LogP contribution in [-0.2, 0) is 6.54 Å². The van der Waals surface area contributed by atoms with Crippen molar-refractivity contribution < 1.29 is 19.0 Å². The van der Waals surface area contributed by atoms with Crippen LogP contribution >= 0.6 is 11.8 Å². The zero-order valence-electron chi connectivity index (χ0n) is 18.9. The molecule has 0 aliphatic heterocycles. The first-order valence-corrected chi connectivity index (χ1v) is 11.4. The van der Waals surface area contributed by atoms with Gasteiger partial charge in [0.2, 0.25) is 5.75 Å². The Balaban J connectivity index is 1.74. The van der Waals surface area contributed by atoms with Crippen molar-refractivity contribution in [2.45, 2.75) is 25.0 Å². The average Bonchev–Trinajstić information content (AvgIpc) is 3.24. The molecule has 1 aromatic carbocycles. The van der Waals surface area contributed by atoms with E-state index in [1.165, 1.54) is 33.1 Å². The molecule has 0 fully saturated rings. The molecule has 0 unspecified atom stereocenters. The molecule has 0 spiro atoms. The number of fused-ring (bicyclic) bond motifs is 1. The van der Waals surface area contributed by atoms with E-state index in [0.717, 1.165) is 29.8 Å². The van der Waals surface area contributed by atoms with Crippen LogP contribution in [0, 0.1) is 0 Å². The number of nitrogens with one attached hydrogen (secondary N) is 2. The van der Waals surface area contributed by atoms with Gasteiger partial charge in [0.25, 0.3) is 5.91 Å². The first-order valence-electron chi connectivity index (χ1n) is 10.2. The highest BCUT2D eigenvalue weighted by atomic mass is 32.2. The van der Waals surface area contributed by atoms with Crippen LogP contribution in [-0.4, -0.2) is 66.3 Å². The molecule has 0 radical (unpaired) electrons. The van der Waals surface area contributed by atoms with E-state index < -0.39 is 0 Å². The summed E-state index contributed by atoms with van der Waals surface area (Å²) in [5.41, 5.74) is 1.13. The second kappa shape index (κ2) is 10.9. The smallest absolute Gasteiger partial charge is 0.251 e. The zero-order chi connectivity index (χ0) is 23.1. The van der Waals surface area contributed by atoms with Gasteiger partial charge in [0.05, 0.1) is 39.5 Å². The first kappa shape index (κ1) is 23.5. The summed E-state index contributed by atoms with van der Waals surface area (Å²) in [6.07, 6.45) is 4.67. The van der Waals surface area contributed by atoms with Crippen LogP contribution in [0.1, 0.15) is 23.7 Å². The highest BCUT2D eigenvalue weighted by molar-refractivity contribution is 7.98. The molecule has 0 atom stereocenters. The molecule has 2 heterocycles. The lowest BCUT2D eigenvalue weighted by Crippen LogP contribution is -2.27. The van der Waals surface area contributed by atoms with Gasteiger partial charge in [-0.3, -0.25) is 4.79 Å². The number of methoxy groups -OCH3 is 3. The van der Waals surface area contributed by atoms with Gasteiger partial charge in [-0.2, -0.15) is 5.10 Å². The Morgan fingerprint density at radius 2 is 1.81 bits per heavy atom. The van der Waals surface area contributed by atoms with E-state index in [1.54, 1.807) is 23.0 Å². The van der Waals surface area contributed by atoms with E-state index in [9.17, 15) is 4.79 Å². The topological polar surface area (TPSA) is 112 Å². The summed E-state index contributed by atoms with van der Waals surface area (Å²) in [5, 5.41) is 12.2. The van der Waals surface area contributed by atoms with Crippen molar-refractivity contribution in [2.75, 3.05) is 46.0 Å². The monoisotopic (exact) mass is 460 g/mol. The lowest BCUT2D eigenvalue weighted by Gasteiger charge is -2.14. The summed E-state index contributed by atoms with van der Waals surface area (Å²) in [6.45, 7) is 3.73. The molecule has 32 heavy (non-hydrogen) atoms. The number of anilines is 1. The van der Waals surface area contributed by atoms with Crippen LogP contribution in [0.25, 0.3) is 11.0 Å². The standard InChI is InChI=1S/C21H28N6O4S/c1-6-7-22-18-14-12-24-27(19(14)26-21(25-18)32-5)9-8-23-20(28)13-10-15(29-2)17(31-4)16(11-13)30-3/h10-12H,6-9H2,1-5H3,(H,23,28)(H,22,25,26). The molecule has 1 amide bonds. The number of nitrogens with zero attached hydrogens (tertiary/aromatic N) is 4. The third-order valence-electron chi connectivity index (χ3n) is 4.74.